The zero-order valence-corrected chi connectivity index (χ0v) is 11.5. The van der Waals surface area contributed by atoms with Gasteiger partial charge in [-0.25, -0.2) is 0 Å². The van der Waals surface area contributed by atoms with Gasteiger partial charge in [0.1, 0.15) is 11.5 Å². The van der Waals surface area contributed by atoms with Crippen molar-refractivity contribution < 1.29 is 19.0 Å². The topological polar surface area (TPSA) is 44.8 Å². The number of halogens is 1. The van der Waals surface area contributed by atoms with E-state index in [9.17, 15) is 4.79 Å². The summed E-state index contributed by atoms with van der Waals surface area (Å²) in [5.41, 5.74) is 0. The smallest absolute Gasteiger partial charge is 0.305 e. The number of hydrogen-bond donors (Lipinski definition) is 0. The summed E-state index contributed by atoms with van der Waals surface area (Å²) in [4.78, 5) is 10.9. The van der Waals surface area contributed by atoms with Crippen LogP contribution in [0, 0.1) is 0 Å². The molecule has 0 aliphatic heterocycles. The molecule has 0 spiro atoms. The normalized spacial score (nSPS) is 9.82. The number of benzene rings is 1. The van der Waals surface area contributed by atoms with Gasteiger partial charge in [0.05, 0.1) is 25.3 Å². The Labute approximate surface area is 109 Å². The Morgan fingerprint density at radius 2 is 2.12 bits per heavy atom. The van der Waals surface area contributed by atoms with Crippen LogP contribution in [0.4, 0.5) is 0 Å². The van der Waals surface area contributed by atoms with Crippen LogP contribution in [0.3, 0.4) is 0 Å². The Kier molecular flexibility index (Phi) is 5.83. The van der Waals surface area contributed by atoms with Crippen LogP contribution in [0.1, 0.15) is 12.8 Å². The third kappa shape index (κ3) is 4.65. The van der Waals surface area contributed by atoms with Crippen LogP contribution in [-0.4, -0.2) is 26.8 Å². The van der Waals surface area contributed by atoms with E-state index in [4.69, 9.17) is 9.47 Å². The van der Waals surface area contributed by atoms with Crippen LogP contribution in [0.15, 0.2) is 22.7 Å². The minimum absolute atomic E-state index is 0.220. The first-order valence-corrected chi connectivity index (χ1v) is 6.00. The van der Waals surface area contributed by atoms with Crippen molar-refractivity contribution in [2.45, 2.75) is 12.8 Å². The Hall–Kier alpha value is -1.23. The predicted molar refractivity (Wildman–Crippen MR) is 67.4 cm³/mol. The second-order valence-electron chi connectivity index (χ2n) is 3.32. The lowest BCUT2D eigenvalue weighted by atomic mass is 10.3. The molecule has 1 aromatic rings. The molecule has 0 fully saturated rings. The number of hydrogen-bond acceptors (Lipinski definition) is 4. The van der Waals surface area contributed by atoms with Gasteiger partial charge in [-0.3, -0.25) is 4.79 Å². The molecule has 17 heavy (non-hydrogen) atoms. The van der Waals surface area contributed by atoms with Crippen LogP contribution >= 0.6 is 15.9 Å². The summed E-state index contributed by atoms with van der Waals surface area (Å²) in [6.07, 6.45) is 0.995. The maximum atomic E-state index is 10.9. The van der Waals surface area contributed by atoms with Gasteiger partial charge in [0.15, 0.2) is 0 Å². The summed E-state index contributed by atoms with van der Waals surface area (Å²) < 4.78 is 16.0. The number of rotatable bonds is 6. The Morgan fingerprint density at radius 1 is 1.35 bits per heavy atom. The molecule has 1 rings (SSSR count). The first-order chi connectivity index (χ1) is 8.17. The molecule has 5 heteroatoms. The van der Waals surface area contributed by atoms with Crippen LogP contribution in [-0.2, 0) is 9.53 Å². The third-order valence-corrected chi connectivity index (χ3v) is 2.77. The molecule has 0 amide bonds. The molecule has 0 radical (unpaired) electrons. The molecule has 0 saturated carbocycles. The minimum atomic E-state index is -0.220. The van der Waals surface area contributed by atoms with Crippen molar-refractivity contribution in [3.8, 4) is 11.5 Å². The average Bonchev–Trinajstić information content (AvgIpc) is 2.35. The highest BCUT2D eigenvalue weighted by Crippen LogP contribution is 2.29. The lowest BCUT2D eigenvalue weighted by Gasteiger charge is -2.09. The van der Waals surface area contributed by atoms with Crippen molar-refractivity contribution >= 4 is 21.9 Å². The van der Waals surface area contributed by atoms with E-state index in [1.54, 1.807) is 7.11 Å². The number of carbonyl (C=O) groups excluding carboxylic acids is 1. The zero-order chi connectivity index (χ0) is 12.7. The Balaban J connectivity index is 2.39. The molecule has 0 N–H and O–H groups in total. The fourth-order valence-corrected chi connectivity index (χ4v) is 1.70. The highest BCUT2D eigenvalue weighted by atomic mass is 79.9. The minimum Gasteiger partial charge on any atom is -0.497 e. The summed E-state index contributed by atoms with van der Waals surface area (Å²) in [6.45, 7) is 0.472. The van der Waals surface area contributed by atoms with E-state index >= 15 is 0 Å². The van der Waals surface area contributed by atoms with Gasteiger partial charge in [-0.05, 0) is 40.5 Å². The molecule has 0 unspecified atom stereocenters. The average molecular weight is 303 g/mol. The van der Waals surface area contributed by atoms with E-state index in [-0.39, 0.29) is 5.97 Å². The fraction of sp³-hybridized carbons (Fsp3) is 0.417. The van der Waals surface area contributed by atoms with Gasteiger partial charge < -0.3 is 14.2 Å². The van der Waals surface area contributed by atoms with Crippen molar-refractivity contribution in [1.82, 2.24) is 0 Å². The molecular formula is C12H15BrO4. The SMILES string of the molecule is COC(=O)CCCOc1ccc(OC)cc1Br. The standard InChI is InChI=1S/C12H15BrO4/c1-15-9-5-6-11(10(13)8-9)17-7-3-4-12(14)16-2/h5-6,8H,3-4,7H2,1-2H3. The lowest BCUT2D eigenvalue weighted by Crippen LogP contribution is -2.04. The summed E-state index contributed by atoms with van der Waals surface area (Å²) in [5, 5.41) is 0. The van der Waals surface area contributed by atoms with Gasteiger partial charge in [-0.1, -0.05) is 0 Å². The molecular weight excluding hydrogens is 288 g/mol. The zero-order valence-electron chi connectivity index (χ0n) is 9.86. The molecule has 0 saturated heterocycles. The Bertz CT molecular complexity index is 379. The number of esters is 1. The van der Waals surface area contributed by atoms with E-state index in [2.05, 4.69) is 20.7 Å². The van der Waals surface area contributed by atoms with E-state index < -0.39 is 0 Å². The highest BCUT2D eigenvalue weighted by molar-refractivity contribution is 9.10. The number of methoxy groups -OCH3 is 2. The van der Waals surface area contributed by atoms with Gasteiger partial charge in [0.2, 0.25) is 0 Å². The van der Waals surface area contributed by atoms with Crippen LogP contribution < -0.4 is 9.47 Å². The van der Waals surface area contributed by atoms with E-state index in [0.717, 1.165) is 16.0 Å². The Morgan fingerprint density at radius 3 is 2.71 bits per heavy atom. The molecule has 4 nitrogen and oxygen atoms in total. The molecule has 0 aliphatic carbocycles. The predicted octanol–water partition coefficient (Wildman–Crippen LogP) is 2.79. The lowest BCUT2D eigenvalue weighted by molar-refractivity contribution is -0.140. The van der Waals surface area contributed by atoms with E-state index in [1.807, 2.05) is 18.2 Å². The maximum absolute atomic E-state index is 10.9. The van der Waals surface area contributed by atoms with Crippen molar-refractivity contribution in [3.05, 3.63) is 22.7 Å². The summed E-state index contributed by atoms with van der Waals surface area (Å²) in [7, 11) is 2.99. The van der Waals surface area contributed by atoms with Crippen molar-refractivity contribution in [1.29, 1.82) is 0 Å². The van der Waals surface area contributed by atoms with E-state index in [0.29, 0.717) is 19.4 Å². The number of carbonyl (C=O) groups is 1. The molecule has 0 aliphatic rings. The summed E-state index contributed by atoms with van der Waals surface area (Å²) >= 11 is 3.39. The fourth-order valence-electron chi connectivity index (χ4n) is 1.23. The van der Waals surface area contributed by atoms with Gasteiger partial charge in [0, 0.05) is 6.42 Å². The van der Waals surface area contributed by atoms with Crippen LogP contribution in [0.2, 0.25) is 0 Å². The third-order valence-electron chi connectivity index (χ3n) is 2.15. The van der Waals surface area contributed by atoms with Crippen LogP contribution in [0.25, 0.3) is 0 Å². The monoisotopic (exact) mass is 302 g/mol. The van der Waals surface area contributed by atoms with Crippen molar-refractivity contribution in [3.63, 3.8) is 0 Å². The summed E-state index contributed by atoms with van der Waals surface area (Å²) in [6, 6.07) is 5.47. The van der Waals surface area contributed by atoms with Crippen LogP contribution in [0.5, 0.6) is 11.5 Å². The van der Waals surface area contributed by atoms with Gasteiger partial charge in [-0.2, -0.15) is 0 Å². The second kappa shape index (κ2) is 7.17. The molecule has 0 bridgehead atoms. The van der Waals surface area contributed by atoms with Crippen molar-refractivity contribution in [2.24, 2.45) is 0 Å². The molecule has 94 valence electrons. The van der Waals surface area contributed by atoms with Crippen molar-refractivity contribution in [2.75, 3.05) is 20.8 Å². The first-order valence-electron chi connectivity index (χ1n) is 5.20. The highest BCUT2D eigenvalue weighted by Gasteiger charge is 2.04. The maximum Gasteiger partial charge on any atom is 0.305 e. The molecule has 0 atom stereocenters. The first kappa shape index (κ1) is 13.8. The molecule has 0 aromatic heterocycles. The quantitative estimate of drug-likeness (QED) is 0.599. The van der Waals surface area contributed by atoms with E-state index in [1.165, 1.54) is 7.11 Å². The van der Waals surface area contributed by atoms with Gasteiger partial charge in [0.25, 0.3) is 0 Å². The largest absolute Gasteiger partial charge is 0.497 e. The molecule has 0 heterocycles. The number of ether oxygens (including phenoxy) is 3. The summed E-state index contributed by atoms with van der Waals surface area (Å²) in [5.74, 6) is 1.27. The van der Waals surface area contributed by atoms with Gasteiger partial charge in [-0.15, -0.1) is 0 Å². The second-order valence-corrected chi connectivity index (χ2v) is 4.18. The van der Waals surface area contributed by atoms with Gasteiger partial charge >= 0.3 is 5.97 Å². The molecule has 1 aromatic carbocycles.